The maximum atomic E-state index is 12.0. The standard InChI is InChI=1S/C21H33N3O6/c1-21(2,3)30-20(28)24-16(17(25)18(26)22-4)12-8-9-13-23-19(27)29-14-15-10-6-5-7-11-15/h5-7,10-11,16-17,25H,8-9,12-14H2,1-4H3,(H,22,26)(H,23,27)(H,24,28)/t16-,17?/m0/s1. The second kappa shape index (κ2) is 12.7. The summed E-state index contributed by atoms with van der Waals surface area (Å²) < 4.78 is 10.3. The fourth-order valence-corrected chi connectivity index (χ4v) is 2.55. The normalized spacial score (nSPS) is 13.0. The van der Waals surface area contributed by atoms with Gasteiger partial charge in [0.25, 0.3) is 5.91 Å². The molecule has 0 aliphatic rings. The van der Waals surface area contributed by atoms with Gasteiger partial charge in [-0.3, -0.25) is 4.79 Å². The molecule has 0 aliphatic heterocycles. The molecule has 0 aromatic heterocycles. The average molecular weight is 424 g/mol. The topological polar surface area (TPSA) is 126 Å². The van der Waals surface area contributed by atoms with E-state index >= 15 is 0 Å². The molecule has 9 nitrogen and oxygen atoms in total. The van der Waals surface area contributed by atoms with E-state index in [1.54, 1.807) is 20.8 Å². The van der Waals surface area contributed by atoms with Crippen LogP contribution in [0.25, 0.3) is 0 Å². The van der Waals surface area contributed by atoms with Crippen LogP contribution in [0, 0.1) is 0 Å². The van der Waals surface area contributed by atoms with Crippen LogP contribution in [-0.4, -0.2) is 54.5 Å². The number of ether oxygens (including phenoxy) is 2. The predicted molar refractivity (Wildman–Crippen MR) is 112 cm³/mol. The summed E-state index contributed by atoms with van der Waals surface area (Å²) in [6.45, 7) is 5.72. The molecule has 0 fully saturated rings. The Balaban J connectivity index is 2.38. The van der Waals surface area contributed by atoms with Gasteiger partial charge in [0.1, 0.15) is 12.2 Å². The number of aliphatic hydroxyl groups excluding tert-OH is 1. The molecular weight excluding hydrogens is 390 g/mol. The van der Waals surface area contributed by atoms with E-state index in [1.807, 2.05) is 30.3 Å². The Labute approximate surface area is 177 Å². The molecule has 3 amide bonds. The number of rotatable bonds is 10. The van der Waals surface area contributed by atoms with Crippen molar-refractivity contribution in [3.8, 4) is 0 Å². The van der Waals surface area contributed by atoms with Crippen molar-refractivity contribution >= 4 is 18.1 Å². The molecule has 0 saturated heterocycles. The van der Waals surface area contributed by atoms with Crippen molar-refractivity contribution in [3.05, 3.63) is 35.9 Å². The largest absolute Gasteiger partial charge is 0.445 e. The van der Waals surface area contributed by atoms with Crippen molar-refractivity contribution in [3.63, 3.8) is 0 Å². The van der Waals surface area contributed by atoms with Crippen LogP contribution >= 0.6 is 0 Å². The number of alkyl carbamates (subject to hydrolysis) is 2. The molecule has 0 radical (unpaired) electrons. The van der Waals surface area contributed by atoms with Gasteiger partial charge in [0.2, 0.25) is 0 Å². The summed E-state index contributed by atoms with van der Waals surface area (Å²) in [6.07, 6.45) is -1.19. The van der Waals surface area contributed by atoms with Crippen LogP contribution < -0.4 is 16.0 Å². The minimum Gasteiger partial charge on any atom is -0.445 e. The fraction of sp³-hybridized carbons (Fsp3) is 0.571. The molecule has 4 N–H and O–H groups in total. The van der Waals surface area contributed by atoms with Gasteiger partial charge in [-0.2, -0.15) is 0 Å². The maximum Gasteiger partial charge on any atom is 0.407 e. The van der Waals surface area contributed by atoms with E-state index < -0.39 is 35.8 Å². The van der Waals surface area contributed by atoms with Gasteiger partial charge in [0, 0.05) is 13.6 Å². The SMILES string of the molecule is CNC(=O)C(O)[C@H](CCCCNC(=O)OCc1ccccc1)NC(=O)OC(C)(C)C. The number of carbonyl (C=O) groups excluding carboxylic acids is 3. The molecule has 30 heavy (non-hydrogen) atoms. The van der Waals surface area contributed by atoms with Crippen molar-refractivity contribution in [1.29, 1.82) is 0 Å². The summed E-state index contributed by atoms with van der Waals surface area (Å²) in [5.74, 6) is -0.598. The Bertz CT molecular complexity index is 675. The summed E-state index contributed by atoms with van der Waals surface area (Å²) >= 11 is 0. The highest BCUT2D eigenvalue weighted by Crippen LogP contribution is 2.10. The molecule has 1 aromatic carbocycles. The number of unbranched alkanes of at least 4 members (excludes halogenated alkanes) is 1. The van der Waals surface area contributed by atoms with Crippen LogP contribution in [0.5, 0.6) is 0 Å². The zero-order valence-electron chi connectivity index (χ0n) is 18.1. The lowest BCUT2D eigenvalue weighted by Crippen LogP contribution is -2.51. The Hall–Kier alpha value is -2.81. The molecule has 0 aliphatic carbocycles. The van der Waals surface area contributed by atoms with Gasteiger partial charge >= 0.3 is 12.2 Å². The van der Waals surface area contributed by atoms with Gasteiger partial charge in [0.05, 0.1) is 6.04 Å². The first kappa shape index (κ1) is 25.2. The number of hydrogen-bond donors (Lipinski definition) is 4. The summed E-state index contributed by atoms with van der Waals surface area (Å²) in [4.78, 5) is 35.5. The van der Waals surface area contributed by atoms with Gasteiger partial charge < -0.3 is 30.5 Å². The Morgan fingerprint density at radius 2 is 1.73 bits per heavy atom. The van der Waals surface area contributed by atoms with E-state index in [0.29, 0.717) is 25.8 Å². The predicted octanol–water partition coefficient (Wildman–Crippen LogP) is 2.08. The van der Waals surface area contributed by atoms with Crippen molar-refractivity contribution in [2.45, 2.75) is 64.4 Å². The van der Waals surface area contributed by atoms with Gasteiger partial charge in [0.15, 0.2) is 6.10 Å². The van der Waals surface area contributed by atoms with E-state index in [-0.39, 0.29) is 6.61 Å². The lowest BCUT2D eigenvalue weighted by atomic mass is 10.0. The molecule has 1 rings (SSSR count). The summed E-state index contributed by atoms with van der Waals surface area (Å²) in [6, 6.07) is 8.53. The molecule has 9 heteroatoms. The molecule has 1 unspecified atom stereocenters. The summed E-state index contributed by atoms with van der Waals surface area (Å²) in [7, 11) is 1.40. The van der Waals surface area contributed by atoms with E-state index in [1.165, 1.54) is 7.05 Å². The minimum absolute atomic E-state index is 0.187. The van der Waals surface area contributed by atoms with E-state index in [4.69, 9.17) is 9.47 Å². The van der Waals surface area contributed by atoms with E-state index in [9.17, 15) is 19.5 Å². The molecule has 0 heterocycles. The number of hydrogen-bond acceptors (Lipinski definition) is 6. The Morgan fingerprint density at radius 1 is 1.07 bits per heavy atom. The second-order valence-corrected chi connectivity index (χ2v) is 7.80. The third kappa shape index (κ3) is 10.7. The highest BCUT2D eigenvalue weighted by atomic mass is 16.6. The molecule has 1 aromatic rings. The smallest absolute Gasteiger partial charge is 0.407 e. The summed E-state index contributed by atoms with van der Waals surface area (Å²) in [5, 5.41) is 17.7. The van der Waals surface area contributed by atoms with Gasteiger partial charge in [-0.05, 0) is 45.6 Å². The fourth-order valence-electron chi connectivity index (χ4n) is 2.55. The third-order valence-electron chi connectivity index (χ3n) is 4.02. The van der Waals surface area contributed by atoms with Crippen molar-refractivity contribution in [2.75, 3.05) is 13.6 Å². The van der Waals surface area contributed by atoms with Crippen molar-refractivity contribution in [1.82, 2.24) is 16.0 Å². The van der Waals surface area contributed by atoms with Crippen LogP contribution in [0.15, 0.2) is 30.3 Å². The molecular formula is C21H33N3O6. The molecule has 0 bridgehead atoms. The third-order valence-corrected chi connectivity index (χ3v) is 4.02. The quantitative estimate of drug-likeness (QED) is 0.427. The minimum atomic E-state index is -1.41. The average Bonchev–Trinajstić information content (AvgIpc) is 2.69. The maximum absolute atomic E-state index is 12.0. The summed E-state index contributed by atoms with van der Waals surface area (Å²) in [5.41, 5.74) is 0.197. The second-order valence-electron chi connectivity index (χ2n) is 7.80. The van der Waals surface area contributed by atoms with Gasteiger partial charge in [-0.25, -0.2) is 9.59 Å². The number of amides is 3. The highest BCUT2D eigenvalue weighted by molar-refractivity contribution is 5.81. The van der Waals surface area contributed by atoms with Gasteiger partial charge in [-0.1, -0.05) is 30.3 Å². The first-order valence-corrected chi connectivity index (χ1v) is 9.96. The number of benzene rings is 1. The van der Waals surface area contributed by atoms with E-state index in [2.05, 4.69) is 16.0 Å². The number of nitrogens with one attached hydrogen (secondary N) is 3. The number of carbonyl (C=O) groups is 3. The monoisotopic (exact) mass is 423 g/mol. The molecule has 168 valence electrons. The van der Waals surface area contributed by atoms with Crippen LogP contribution in [0.1, 0.15) is 45.6 Å². The van der Waals surface area contributed by atoms with Crippen molar-refractivity contribution in [2.24, 2.45) is 0 Å². The van der Waals surface area contributed by atoms with Crippen LogP contribution in [0.2, 0.25) is 0 Å². The first-order chi connectivity index (χ1) is 14.1. The molecule has 2 atom stereocenters. The van der Waals surface area contributed by atoms with Crippen LogP contribution in [0.3, 0.4) is 0 Å². The van der Waals surface area contributed by atoms with Gasteiger partial charge in [-0.15, -0.1) is 0 Å². The van der Waals surface area contributed by atoms with Crippen LogP contribution in [0.4, 0.5) is 9.59 Å². The zero-order valence-corrected chi connectivity index (χ0v) is 18.1. The zero-order chi connectivity index (χ0) is 22.6. The highest BCUT2D eigenvalue weighted by Gasteiger charge is 2.28. The van der Waals surface area contributed by atoms with E-state index in [0.717, 1.165) is 5.56 Å². The van der Waals surface area contributed by atoms with Crippen LogP contribution in [-0.2, 0) is 20.9 Å². The lowest BCUT2D eigenvalue weighted by Gasteiger charge is -2.26. The first-order valence-electron chi connectivity index (χ1n) is 9.96. The Morgan fingerprint density at radius 3 is 2.33 bits per heavy atom. The number of aliphatic hydroxyl groups is 1. The molecule has 0 saturated carbocycles. The lowest BCUT2D eigenvalue weighted by molar-refractivity contribution is -0.130. The van der Waals surface area contributed by atoms with Crippen molar-refractivity contribution < 1.29 is 29.0 Å². The number of likely N-dealkylation sites (N-methyl/N-ethyl adjacent to an activating group) is 1. The molecule has 0 spiro atoms. The Kier molecular flexibility index (Phi) is 10.7.